The monoisotopic (exact) mass is 375 g/mol. The van der Waals surface area contributed by atoms with Crippen LogP contribution in [0.25, 0.3) is 0 Å². The minimum atomic E-state index is -0.128. The zero-order chi connectivity index (χ0) is 16.4. The summed E-state index contributed by atoms with van der Waals surface area (Å²) in [6.45, 7) is 3.25. The largest absolute Gasteiger partial charge is 0.504 e. The quantitative estimate of drug-likeness (QED) is 0.810. The second kappa shape index (κ2) is 5.12. The van der Waals surface area contributed by atoms with Gasteiger partial charge < -0.3 is 14.7 Å². The SMILES string of the molecule is COc1ccc2c(c1O)[C@]13CCN(C)[C@H](C2)[C@@H]1C(Br)=CC=C3C. The molecule has 1 saturated heterocycles. The summed E-state index contributed by atoms with van der Waals surface area (Å²) in [5, 5.41) is 10.9. The average molecular weight is 376 g/mol. The number of benzene rings is 1. The first-order valence-corrected chi connectivity index (χ1v) is 8.94. The fourth-order valence-corrected chi connectivity index (χ4v) is 5.83. The van der Waals surface area contributed by atoms with Crippen LogP contribution in [0.15, 0.2) is 34.3 Å². The van der Waals surface area contributed by atoms with Crippen LogP contribution in [0.5, 0.6) is 11.5 Å². The first kappa shape index (κ1) is 15.3. The van der Waals surface area contributed by atoms with Gasteiger partial charge in [0.1, 0.15) is 0 Å². The highest BCUT2D eigenvalue weighted by molar-refractivity contribution is 9.11. The van der Waals surface area contributed by atoms with Crippen LogP contribution in [0.1, 0.15) is 24.5 Å². The van der Waals surface area contributed by atoms with Crippen LogP contribution in [0.4, 0.5) is 0 Å². The molecule has 1 aromatic rings. The molecule has 3 nitrogen and oxygen atoms in total. The molecule has 1 aliphatic heterocycles. The molecule has 0 saturated carbocycles. The Labute approximate surface area is 145 Å². The Balaban J connectivity index is 2.04. The highest BCUT2D eigenvalue weighted by Gasteiger charge is 2.56. The van der Waals surface area contributed by atoms with Gasteiger partial charge in [0.05, 0.1) is 7.11 Å². The Morgan fingerprint density at radius 1 is 1.35 bits per heavy atom. The van der Waals surface area contributed by atoms with Gasteiger partial charge in [-0.25, -0.2) is 0 Å². The number of aromatic hydroxyl groups is 1. The summed E-state index contributed by atoms with van der Waals surface area (Å²) < 4.78 is 6.65. The molecule has 0 amide bonds. The van der Waals surface area contributed by atoms with Crippen LogP contribution >= 0.6 is 15.9 Å². The number of methoxy groups -OCH3 is 1. The molecular formula is C19H22BrNO2. The van der Waals surface area contributed by atoms with E-state index >= 15 is 0 Å². The molecule has 0 spiro atoms. The summed E-state index contributed by atoms with van der Waals surface area (Å²) in [5.74, 6) is 1.26. The molecule has 2 aliphatic carbocycles. The number of hydrogen-bond acceptors (Lipinski definition) is 3. The molecule has 3 aliphatic rings. The van der Waals surface area contributed by atoms with E-state index in [9.17, 15) is 5.11 Å². The number of likely N-dealkylation sites (N-methyl/N-ethyl adjacent to an activating group) is 1. The van der Waals surface area contributed by atoms with E-state index in [-0.39, 0.29) is 5.41 Å². The molecule has 1 fully saturated rings. The van der Waals surface area contributed by atoms with Crippen molar-refractivity contribution in [3.8, 4) is 11.5 Å². The van der Waals surface area contributed by atoms with Crippen molar-refractivity contribution in [1.29, 1.82) is 0 Å². The van der Waals surface area contributed by atoms with Gasteiger partial charge in [0, 0.05) is 27.4 Å². The van der Waals surface area contributed by atoms with Crippen molar-refractivity contribution >= 4 is 15.9 Å². The van der Waals surface area contributed by atoms with Gasteiger partial charge in [0.25, 0.3) is 0 Å². The van der Waals surface area contributed by atoms with Crippen LogP contribution in [0.2, 0.25) is 0 Å². The lowest BCUT2D eigenvalue weighted by Gasteiger charge is -2.58. The lowest BCUT2D eigenvalue weighted by atomic mass is 9.53. The minimum Gasteiger partial charge on any atom is -0.504 e. The number of ether oxygens (including phenoxy) is 1. The summed E-state index contributed by atoms with van der Waals surface area (Å²) in [7, 11) is 3.84. The molecule has 122 valence electrons. The Kier molecular flexibility index (Phi) is 3.40. The molecular weight excluding hydrogens is 354 g/mol. The Hall–Kier alpha value is -1.26. The fraction of sp³-hybridized carbons (Fsp3) is 0.474. The van der Waals surface area contributed by atoms with Crippen molar-refractivity contribution in [2.75, 3.05) is 20.7 Å². The molecule has 2 bridgehead atoms. The number of halogens is 1. The van der Waals surface area contributed by atoms with Crippen molar-refractivity contribution in [3.63, 3.8) is 0 Å². The average Bonchev–Trinajstić information content (AvgIpc) is 2.54. The summed E-state index contributed by atoms with van der Waals surface area (Å²) in [6, 6.07) is 4.49. The summed E-state index contributed by atoms with van der Waals surface area (Å²) >= 11 is 3.82. The molecule has 0 aromatic heterocycles. The van der Waals surface area contributed by atoms with Gasteiger partial charge in [0.2, 0.25) is 0 Å². The third-order valence-corrected chi connectivity index (χ3v) is 6.91. The molecule has 1 N–H and O–H groups in total. The smallest absolute Gasteiger partial charge is 0.162 e. The summed E-state index contributed by atoms with van der Waals surface area (Å²) in [6.07, 6.45) is 6.37. The second-order valence-electron chi connectivity index (χ2n) is 7.00. The number of phenols is 1. The van der Waals surface area contributed by atoms with Crippen LogP contribution in [-0.2, 0) is 11.8 Å². The molecule has 4 heteroatoms. The predicted octanol–water partition coefficient (Wildman–Crippen LogP) is 3.75. The first-order chi connectivity index (χ1) is 11.0. The zero-order valence-corrected chi connectivity index (χ0v) is 15.4. The van der Waals surface area contributed by atoms with Crippen molar-refractivity contribution in [2.24, 2.45) is 5.92 Å². The summed E-state index contributed by atoms with van der Waals surface area (Å²) in [5.41, 5.74) is 3.56. The van der Waals surface area contributed by atoms with Gasteiger partial charge in [-0.2, -0.15) is 0 Å². The molecule has 0 radical (unpaired) electrons. The van der Waals surface area contributed by atoms with Gasteiger partial charge in [0.15, 0.2) is 11.5 Å². The van der Waals surface area contributed by atoms with E-state index in [1.165, 1.54) is 15.6 Å². The fourth-order valence-electron chi connectivity index (χ4n) is 5.00. The number of nitrogens with zero attached hydrogens (tertiary/aromatic N) is 1. The molecule has 1 heterocycles. The van der Waals surface area contributed by atoms with Gasteiger partial charge in [-0.15, -0.1) is 0 Å². The van der Waals surface area contributed by atoms with Crippen molar-refractivity contribution in [3.05, 3.63) is 45.5 Å². The van der Waals surface area contributed by atoms with Gasteiger partial charge in [-0.1, -0.05) is 39.7 Å². The third kappa shape index (κ3) is 1.85. The van der Waals surface area contributed by atoms with Crippen LogP contribution in [-0.4, -0.2) is 36.8 Å². The number of allylic oxidation sites excluding steroid dienone is 3. The van der Waals surface area contributed by atoms with Crippen molar-refractivity contribution in [1.82, 2.24) is 4.90 Å². The number of fused-ring (bicyclic) bond motifs is 1. The number of hydrogen-bond donors (Lipinski definition) is 1. The maximum atomic E-state index is 10.9. The number of likely N-dealkylation sites (tertiary alicyclic amines) is 1. The second-order valence-corrected chi connectivity index (χ2v) is 7.92. The summed E-state index contributed by atoms with van der Waals surface area (Å²) in [4.78, 5) is 2.47. The van der Waals surface area contributed by atoms with E-state index in [0.717, 1.165) is 24.9 Å². The highest BCUT2D eigenvalue weighted by atomic mass is 79.9. The molecule has 23 heavy (non-hydrogen) atoms. The number of rotatable bonds is 1. The molecule has 3 atom stereocenters. The molecule has 4 rings (SSSR count). The van der Waals surface area contributed by atoms with Gasteiger partial charge in [-0.05, 0) is 45.0 Å². The van der Waals surface area contributed by atoms with E-state index < -0.39 is 0 Å². The van der Waals surface area contributed by atoms with Gasteiger partial charge >= 0.3 is 0 Å². The third-order valence-electron chi connectivity index (χ3n) is 6.16. The van der Waals surface area contributed by atoms with Crippen LogP contribution in [0, 0.1) is 5.92 Å². The Morgan fingerprint density at radius 3 is 2.87 bits per heavy atom. The zero-order valence-electron chi connectivity index (χ0n) is 13.8. The standard InChI is InChI=1S/C19H22BrNO2/c1-11-4-6-13(20)17-14-10-12-5-7-15(23-3)18(22)16(12)19(11,17)8-9-21(14)2/h4-7,14,17,22H,8-10H2,1-3H3/t14-,17+,19-/m1/s1. The Bertz CT molecular complexity index is 739. The lowest BCUT2D eigenvalue weighted by Crippen LogP contribution is -2.60. The number of phenolic OH excluding ortho intramolecular Hbond substituents is 1. The van der Waals surface area contributed by atoms with Crippen molar-refractivity contribution < 1.29 is 9.84 Å². The van der Waals surface area contributed by atoms with E-state index in [1.54, 1.807) is 7.11 Å². The lowest BCUT2D eigenvalue weighted by molar-refractivity contribution is 0.0705. The predicted molar refractivity (Wildman–Crippen MR) is 95.3 cm³/mol. The molecule has 1 aromatic carbocycles. The topological polar surface area (TPSA) is 32.7 Å². The van der Waals surface area contributed by atoms with Gasteiger partial charge in [-0.3, -0.25) is 0 Å². The van der Waals surface area contributed by atoms with Crippen LogP contribution in [0.3, 0.4) is 0 Å². The minimum absolute atomic E-state index is 0.128. The maximum absolute atomic E-state index is 10.9. The highest BCUT2D eigenvalue weighted by Crippen LogP contribution is 2.60. The number of piperidine rings is 1. The Morgan fingerprint density at radius 2 is 2.13 bits per heavy atom. The van der Waals surface area contributed by atoms with E-state index in [1.807, 2.05) is 6.07 Å². The first-order valence-electron chi connectivity index (χ1n) is 8.14. The van der Waals surface area contributed by atoms with Crippen molar-refractivity contribution in [2.45, 2.75) is 31.2 Å². The van der Waals surface area contributed by atoms with E-state index in [0.29, 0.717) is 23.5 Å². The van der Waals surface area contributed by atoms with E-state index in [4.69, 9.17) is 4.74 Å². The normalized spacial score (nSPS) is 32.5. The van der Waals surface area contributed by atoms with Crippen LogP contribution < -0.4 is 4.74 Å². The molecule has 0 unspecified atom stereocenters. The maximum Gasteiger partial charge on any atom is 0.162 e. The van der Waals surface area contributed by atoms with E-state index in [2.05, 4.69) is 53.0 Å².